The maximum atomic E-state index is 14.8. The molecule has 1 N–H and O–H groups in total. The van der Waals surface area contributed by atoms with Gasteiger partial charge in [0.15, 0.2) is 0 Å². The van der Waals surface area contributed by atoms with Gasteiger partial charge in [-0.2, -0.15) is 0 Å². The van der Waals surface area contributed by atoms with E-state index in [2.05, 4.69) is 13.2 Å². The van der Waals surface area contributed by atoms with Crippen LogP contribution in [0.5, 0.6) is 0 Å². The Morgan fingerprint density at radius 2 is 1.84 bits per heavy atom. The van der Waals surface area contributed by atoms with E-state index in [1.165, 1.54) is 4.90 Å². The lowest BCUT2D eigenvalue weighted by Gasteiger charge is -2.38. The van der Waals surface area contributed by atoms with Crippen molar-refractivity contribution in [2.24, 2.45) is 11.8 Å². The molecule has 0 radical (unpaired) electrons. The number of likely N-dealkylation sites (N-methyl/N-ethyl adjacent to an activating group) is 1. The third-order valence-electron chi connectivity index (χ3n) is 10.6. The van der Waals surface area contributed by atoms with Crippen molar-refractivity contribution in [3.8, 4) is 0 Å². The molecular weight excluding hydrogens is 622 g/mol. The van der Waals surface area contributed by atoms with E-state index in [-0.39, 0.29) is 31.4 Å². The summed E-state index contributed by atoms with van der Waals surface area (Å²) in [6, 6.07) is 12.8. The first kappa shape index (κ1) is 36.0. The normalized spacial score (nSPS) is 25.7. The largest absolute Gasteiger partial charge is 0.455 e. The van der Waals surface area contributed by atoms with Crippen LogP contribution in [-0.2, 0) is 28.7 Å². The summed E-state index contributed by atoms with van der Waals surface area (Å²) in [4.78, 5) is 61.3. The van der Waals surface area contributed by atoms with Gasteiger partial charge in [-0.25, -0.2) is 0 Å². The number of aliphatic hydroxyl groups excluding tert-OH is 1. The molecule has 0 unspecified atom stereocenters. The van der Waals surface area contributed by atoms with Gasteiger partial charge in [-0.05, 0) is 69.7 Å². The topological polar surface area (TPSA) is 117 Å². The minimum Gasteiger partial charge on any atom is -0.455 e. The number of carbonyl (C=O) groups excluding carboxylic acids is 4. The van der Waals surface area contributed by atoms with Crippen molar-refractivity contribution < 1.29 is 33.8 Å². The summed E-state index contributed by atoms with van der Waals surface area (Å²) in [5.41, 5.74) is 1.98. The molecule has 0 aromatic heterocycles. The second kappa shape index (κ2) is 14.7. The fourth-order valence-electron chi connectivity index (χ4n) is 7.92. The summed E-state index contributed by atoms with van der Waals surface area (Å²) in [6.45, 7) is 14.8. The number of nitrogens with zero attached hydrogens (tertiary/aromatic N) is 3. The zero-order chi connectivity index (χ0) is 35.6. The molecule has 10 nitrogen and oxygen atoms in total. The zero-order valence-electron chi connectivity index (χ0n) is 29.2. The second-order valence-corrected chi connectivity index (χ2v) is 13.7. The van der Waals surface area contributed by atoms with Crippen LogP contribution in [0.1, 0.15) is 62.3 Å². The number of rotatable bonds is 14. The first-order chi connectivity index (χ1) is 23.4. The Morgan fingerprint density at radius 3 is 2.49 bits per heavy atom. The number of aryl methyl sites for hydroxylation is 2. The molecule has 3 amide bonds. The summed E-state index contributed by atoms with van der Waals surface area (Å²) in [5.74, 6) is -3.44. The van der Waals surface area contributed by atoms with E-state index in [9.17, 15) is 24.3 Å². The molecule has 0 saturated carbocycles. The molecule has 3 heterocycles. The minimum absolute atomic E-state index is 0.111. The predicted molar refractivity (Wildman–Crippen MR) is 186 cm³/mol. The highest BCUT2D eigenvalue weighted by molar-refractivity contribution is 6.05. The van der Waals surface area contributed by atoms with Gasteiger partial charge in [-0.1, -0.05) is 54.6 Å². The van der Waals surface area contributed by atoms with E-state index in [0.717, 1.165) is 11.1 Å². The Labute approximate surface area is 289 Å². The van der Waals surface area contributed by atoms with E-state index in [1.54, 1.807) is 35.9 Å². The second-order valence-electron chi connectivity index (χ2n) is 13.7. The molecule has 3 saturated heterocycles. The Balaban J connectivity index is 1.51. The van der Waals surface area contributed by atoms with Gasteiger partial charge in [0, 0.05) is 25.7 Å². The highest BCUT2D eigenvalue weighted by Crippen LogP contribution is 2.59. The monoisotopic (exact) mass is 671 g/mol. The van der Waals surface area contributed by atoms with Crippen LogP contribution in [0.25, 0.3) is 0 Å². The molecule has 5 rings (SSSR count). The van der Waals surface area contributed by atoms with E-state index < -0.39 is 59.6 Å². The third kappa shape index (κ3) is 6.44. The molecule has 8 atom stereocenters. The average molecular weight is 672 g/mol. The van der Waals surface area contributed by atoms with Crippen molar-refractivity contribution in [1.82, 2.24) is 9.80 Å². The smallest absolute Gasteiger partial charge is 0.313 e. The third-order valence-corrected chi connectivity index (χ3v) is 10.6. The SMILES string of the molecule is C=CCCC(=O)N(C)[C@H](C)[C@H](OC(=O)[C@@H]1[C@H]2C(=O)N([C@H](C)CO)[C@H](C(=O)N(CC=C)c3cc(C)ccc3C)[C@]23CC[C@H]1O3)c1ccccc1. The van der Waals surface area contributed by atoms with Gasteiger partial charge in [-0.15, -0.1) is 13.2 Å². The van der Waals surface area contributed by atoms with Crippen LogP contribution in [0.4, 0.5) is 5.69 Å². The Morgan fingerprint density at radius 1 is 1.12 bits per heavy atom. The fourth-order valence-corrected chi connectivity index (χ4v) is 7.92. The van der Waals surface area contributed by atoms with Gasteiger partial charge in [0.1, 0.15) is 17.7 Å². The molecule has 262 valence electrons. The summed E-state index contributed by atoms with van der Waals surface area (Å²) < 4.78 is 13.0. The maximum Gasteiger partial charge on any atom is 0.313 e. The van der Waals surface area contributed by atoms with Crippen LogP contribution in [0.2, 0.25) is 0 Å². The number of ether oxygens (including phenoxy) is 2. The molecule has 3 aliphatic heterocycles. The van der Waals surface area contributed by atoms with Gasteiger partial charge in [0.2, 0.25) is 11.8 Å². The summed E-state index contributed by atoms with van der Waals surface area (Å²) in [6.07, 6.45) is 3.54. The number of esters is 1. The predicted octanol–water partition coefficient (Wildman–Crippen LogP) is 4.68. The van der Waals surface area contributed by atoms with Gasteiger partial charge in [-0.3, -0.25) is 19.2 Å². The number of aliphatic hydroxyl groups is 1. The number of amides is 3. The van der Waals surface area contributed by atoms with Crippen LogP contribution < -0.4 is 4.90 Å². The van der Waals surface area contributed by atoms with E-state index in [4.69, 9.17) is 9.47 Å². The van der Waals surface area contributed by atoms with Crippen molar-refractivity contribution in [3.63, 3.8) is 0 Å². The lowest BCUT2D eigenvalue weighted by Crippen LogP contribution is -2.58. The van der Waals surface area contributed by atoms with Crippen molar-refractivity contribution in [3.05, 3.63) is 90.5 Å². The molecule has 3 aliphatic rings. The number of anilines is 1. The molecule has 2 bridgehead atoms. The lowest BCUT2D eigenvalue weighted by molar-refractivity contribution is -0.165. The quantitative estimate of drug-likeness (QED) is 0.229. The molecular formula is C39H49N3O7. The van der Waals surface area contributed by atoms with Crippen molar-refractivity contribution in [2.45, 2.75) is 89.3 Å². The molecule has 0 aliphatic carbocycles. The number of carbonyl (C=O) groups is 4. The number of fused-ring (bicyclic) bond motifs is 1. The van der Waals surface area contributed by atoms with E-state index in [1.807, 2.05) is 69.3 Å². The van der Waals surface area contributed by atoms with Gasteiger partial charge < -0.3 is 29.3 Å². The lowest BCUT2D eigenvalue weighted by atomic mass is 9.70. The van der Waals surface area contributed by atoms with Gasteiger partial charge in [0.25, 0.3) is 5.91 Å². The number of likely N-dealkylation sites (tertiary alicyclic amines) is 1. The highest BCUT2D eigenvalue weighted by atomic mass is 16.6. The fraction of sp³-hybridized carbons (Fsp3) is 0.487. The standard InChI is InChI=1S/C39H49N3O7/c1-8-10-16-31(44)40(7)27(6)34(28-14-12-11-13-15-28)48-38(47)32-30-19-20-39(49-30)33(32)36(45)42(26(5)23-43)35(39)37(46)41(21-9-2)29-22-24(3)17-18-25(29)4/h8-9,11-15,17-18,22,26-27,30,32-35,43H,1-2,10,16,19-21,23H2,3-7H3/t26-,27-,30-,32+,33+,34+,35-,39+/m1/s1. The molecule has 10 heteroatoms. The molecule has 49 heavy (non-hydrogen) atoms. The molecule has 1 spiro atoms. The van der Waals surface area contributed by atoms with Crippen molar-refractivity contribution in [1.29, 1.82) is 0 Å². The van der Waals surface area contributed by atoms with Crippen LogP contribution >= 0.6 is 0 Å². The summed E-state index contributed by atoms with van der Waals surface area (Å²) in [5, 5.41) is 10.3. The number of hydrogen-bond acceptors (Lipinski definition) is 7. The average Bonchev–Trinajstić information content (AvgIpc) is 3.76. The van der Waals surface area contributed by atoms with Crippen LogP contribution in [0.3, 0.4) is 0 Å². The van der Waals surface area contributed by atoms with Gasteiger partial charge in [0.05, 0.1) is 36.6 Å². The number of allylic oxidation sites excluding steroid dienone is 1. The van der Waals surface area contributed by atoms with Crippen LogP contribution in [-0.4, -0.2) is 88.6 Å². The maximum absolute atomic E-state index is 14.8. The molecule has 2 aromatic rings. The summed E-state index contributed by atoms with van der Waals surface area (Å²) >= 11 is 0. The van der Waals surface area contributed by atoms with Crippen molar-refractivity contribution in [2.75, 3.05) is 25.1 Å². The summed E-state index contributed by atoms with van der Waals surface area (Å²) in [7, 11) is 1.69. The Bertz CT molecular complexity index is 1590. The molecule has 3 fully saturated rings. The van der Waals surface area contributed by atoms with Crippen molar-refractivity contribution >= 4 is 29.4 Å². The first-order valence-corrected chi connectivity index (χ1v) is 17.1. The minimum atomic E-state index is -1.28. The highest BCUT2D eigenvalue weighted by Gasteiger charge is 2.75. The zero-order valence-corrected chi connectivity index (χ0v) is 29.2. The number of benzene rings is 2. The van der Waals surface area contributed by atoms with E-state index >= 15 is 0 Å². The molecule has 2 aromatic carbocycles. The van der Waals surface area contributed by atoms with Gasteiger partial charge >= 0.3 is 5.97 Å². The Hall–Kier alpha value is -4.28. The van der Waals surface area contributed by atoms with Crippen LogP contribution in [0, 0.1) is 25.7 Å². The van der Waals surface area contributed by atoms with E-state index in [0.29, 0.717) is 30.5 Å². The van der Waals surface area contributed by atoms with Crippen LogP contribution in [0.15, 0.2) is 73.8 Å². The first-order valence-electron chi connectivity index (χ1n) is 17.1. The number of hydrogen-bond donors (Lipinski definition) is 1. The Kier molecular flexibility index (Phi) is 10.8.